The highest BCUT2D eigenvalue weighted by molar-refractivity contribution is 7.90. The number of nitriles is 1. The van der Waals surface area contributed by atoms with Crippen molar-refractivity contribution in [1.29, 1.82) is 5.26 Å². The number of fused-ring (bicyclic) bond motifs is 1. The summed E-state index contributed by atoms with van der Waals surface area (Å²) in [5, 5.41) is 8.93. The van der Waals surface area contributed by atoms with Gasteiger partial charge in [0.25, 0.3) is 0 Å². The van der Waals surface area contributed by atoms with E-state index in [-0.39, 0.29) is 17.2 Å². The van der Waals surface area contributed by atoms with Crippen LogP contribution in [0.1, 0.15) is 36.0 Å². The van der Waals surface area contributed by atoms with Crippen LogP contribution < -0.4 is 4.74 Å². The van der Waals surface area contributed by atoms with Crippen molar-refractivity contribution in [2.24, 2.45) is 0 Å². The first-order valence-electron chi connectivity index (χ1n) is 7.54. The Morgan fingerprint density at radius 2 is 2.04 bits per heavy atom. The lowest BCUT2D eigenvalue weighted by Gasteiger charge is -2.15. The molecule has 0 spiro atoms. The van der Waals surface area contributed by atoms with Crippen molar-refractivity contribution < 1.29 is 17.5 Å². The van der Waals surface area contributed by atoms with Crippen molar-refractivity contribution in [2.75, 3.05) is 6.26 Å². The maximum Gasteiger partial charge on any atom is 0.175 e. The molecule has 2 aromatic carbocycles. The summed E-state index contributed by atoms with van der Waals surface area (Å²) in [5.41, 5.74) is 1.79. The van der Waals surface area contributed by atoms with Crippen molar-refractivity contribution in [3.63, 3.8) is 0 Å². The largest absolute Gasteiger partial charge is 0.457 e. The molecular formula is C18H16FNO3S. The summed E-state index contributed by atoms with van der Waals surface area (Å²) < 4.78 is 43.4. The molecule has 1 unspecified atom stereocenters. The topological polar surface area (TPSA) is 67.2 Å². The number of halogens is 1. The molecule has 0 radical (unpaired) electrons. The summed E-state index contributed by atoms with van der Waals surface area (Å²) in [6.45, 7) is 1.99. The predicted octanol–water partition coefficient (Wildman–Crippen LogP) is 3.94. The van der Waals surface area contributed by atoms with E-state index in [0.29, 0.717) is 17.1 Å². The van der Waals surface area contributed by atoms with Crippen molar-refractivity contribution in [3.8, 4) is 17.6 Å². The third kappa shape index (κ3) is 3.00. The molecule has 124 valence electrons. The van der Waals surface area contributed by atoms with E-state index in [4.69, 9.17) is 10.00 Å². The van der Waals surface area contributed by atoms with Crippen molar-refractivity contribution >= 4 is 9.84 Å². The number of hydrogen-bond donors (Lipinski definition) is 0. The molecule has 0 saturated heterocycles. The second-order valence-corrected chi connectivity index (χ2v) is 8.04. The normalized spacial score (nSPS) is 16.5. The standard InChI is InChI=1S/C18H16FNO3S/c1-11-3-4-15-16(5-6-17(18(11)15)24(2,21)22)23-14-8-12(10-20)7-13(19)9-14/h5-9,11H,3-4H2,1-2H3. The van der Waals surface area contributed by atoms with Gasteiger partial charge in [0.15, 0.2) is 9.84 Å². The van der Waals surface area contributed by atoms with E-state index >= 15 is 0 Å². The number of hydrogen-bond acceptors (Lipinski definition) is 4. The van der Waals surface area contributed by atoms with Crippen LogP contribution in [0.4, 0.5) is 4.39 Å². The summed E-state index contributed by atoms with van der Waals surface area (Å²) in [6, 6.07) is 8.81. The first-order chi connectivity index (χ1) is 11.3. The van der Waals surface area contributed by atoms with Gasteiger partial charge < -0.3 is 4.74 Å². The molecular weight excluding hydrogens is 329 g/mol. The molecule has 0 amide bonds. The first kappa shape index (κ1) is 16.5. The molecule has 0 fully saturated rings. The Morgan fingerprint density at radius 1 is 1.29 bits per heavy atom. The molecule has 24 heavy (non-hydrogen) atoms. The number of benzene rings is 2. The molecule has 0 bridgehead atoms. The molecule has 1 atom stereocenters. The van der Waals surface area contributed by atoms with E-state index < -0.39 is 15.7 Å². The van der Waals surface area contributed by atoms with Gasteiger partial charge in [-0.25, -0.2) is 12.8 Å². The fourth-order valence-corrected chi connectivity index (χ4v) is 4.20. The minimum absolute atomic E-state index is 0.121. The molecule has 0 N–H and O–H groups in total. The molecule has 1 aliphatic rings. The van der Waals surface area contributed by atoms with Gasteiger partial charge in [-0.05, 0) is 54.2 Å². The molecule has 6 heteroatoms. The SMILES string of the molecule is CC1CCc2c(Oc3cc(F)cc(C#N)c3)ccc(S(C)(=O)=O)c21. The Hall–Kier alpha value is -2.39. The molecule has 2 aromatic rings. The molecule has 4 nitrogen and oxygen atoms in total. The molecule has 3 rings (SSSR count). The minimum Gasteiger partial charge on any atom is -0.457 e. The maximum absolute atomic E-state index is 13.6. The molecule has 0 heterocycles. The van der Waals surface area contributed by atoms with Gasteiger partial charge >= 0.3 is 0 Å². The third-order valence-electron chi connectivity index (χ3n) is 4.22. The van der Waals surface area contributed by atoms with Gasteiger partial charge in [0.1, 0.15) is 17.3 Å². The van der Waals surface area contributed by atoms with Gasteiger partial charge in [-0.1, -0.05) is 6.92 Å². The van der Waals surface area contributed by atoms with E-state index in [1.165, 1.54) is 24.5 Å². The smallest absolute Gasteiger partial charge is 0.175 e. The van der Waals surface area contributed by atoms with Gasteiger partial charge in [0, 0.05) is 12.3 Å². The summed E-state index contributed by atoms with van der Waals surface area (Å²) >= 11 is 0. The van der Waals surface area contributed by atoms with Crippen LogP contribution in [0.5, 0.6) is 11.5 Å². The zero-order valence-electron chi connectivity index (χ0n) is 13.3. The average Bonchev–Trinajstić information content (AvgIpc) is 2.88. The molecule has 0 saturated carbocycles. The lowest BCUT2D eigenvalue weighted by atomic mass is 10.0. The summed E-state index contributed by atoms with van der Waals surface area (Å²) in [6.07, 6.45) is 2.74. The van der Waals surface area contributed by atoms with Crippen LogP contribution in [0.25, 0.3) is 0 Å². The van der Waals surface area contributed by atoms with Crippen molar-refractivity contribution in [1.82, 2.24) is 0 Å². The van der Waals surface area contributed by atoms with E-state index in [1.54, 1.807) is 6.07 Å². The van der Waals surface area contributed by atoms with Crippen LogP contribution in [0.15, 0.2) is 35.2 Å². The van der Waals surface area contributed by atoms with Crippen LogP contribution in [0.3, 0.4) is 0 Å². The Balaban J connectivity index is 2.09. The summed E-state index contributed by atoms with van der Waals surface area (Å²) in [4.78, 5) is 0.326. The Kier molecular flexibility index (Phi) is 4.06. The molecule has 1 aliphatic carbocycles. The fraction of sp³-hybridized carbons (Fsp3) is 0.278. The second kappa shape index (κ2) is 5.91. The molecule has 0 aliphatic heterocycles. The first-order valence-corrected chi connectivity index (χ1v) is 9.43. The summed E-state index contributed by atoms with van der Waals surface area (Å²) in [7, 11) is -3.33. The Morgan fingerprint density at radius 3 is 2.71 bits per heavy atom. The van der Waals surface area contributed by atoms with Crippen LogP contribution in [0.2, 0.25) is 0 Å². The van der Waals surface area contributed by atoms with E-state index in [2.05, 4.69) is 0 Å². The predicted molar refractivity (Wildman–Crippen MR) is 87.5 cm³/mol. The zero-order valence-corrected chi connectivity index (χ0v) is 14.2. The average molecular weight is 345 g/mol. The van der Waals surface area contributed by atoms with Gasteiger partial charge in [-0.3, -0.25) is 0 Å². The maximum atomic E-state index is 13.6. The highest BCUT2D eigenvalue weighted by atomic mass is 32.2. The number of rotatable bonds is 3. The number of nitrogens with zero attached hydrogens (tertiary/aromatic N) is 1. The monoisotopic (exact) mass is 345 g/mol. The highest BCUT2D eigenvalue weighted by Crippen LogP contribution is 2.43. The van der Waals surface area contributed by atoms with E-state index in [1.807, 2.05) is 13.0 Å². The quantitative estimate of drug-likeness (QED) is 0.845. The number of ether oxygens (including phenoxy) is 1. The third-order valence-corrected chi connectivity index (χ3v) is 5.38. The number of sulfone groups is 1. The van der Waals surface area contributed by atoms with Gasteiger partial charge in [0.2, 0.25) is 0 Å². The van der Waals surface area contributed by atoms with Gasteiger partial charge in [0.05, 0.1) is 16.5 Å². The lowest BCUT2D eigenvalue weighted by molar-refractivity contribution is 0.470. The minimum atomic E-state index is -3.33. The van der Waals surface area contributed by atoms with Crippen LogP contribution in [-0.4, -0.2) is 14.7 Å². The van der Waals surface area contributed by atoms with Crippen LogP contribution in [-0.2, 0) is 16.3 Å². The fourth-order valence-electron chi connectivity index (χ4n) is 3.16. The summed E-state index contributed by atoms with van der Waals surface area (Å²) in [5.74, 6) is 0.300. The lowest BCUT2D eigenvalue weighted by Crippen LogP contribution is -2.05. The zero-order chi connectivity index (χ0) is 17.5. The van der Waals surface area contributed by atoms with E-state index in [9.17, 15) is 12.8 Å². The molecule has 0 aromatic heterocycles. The van der Waals surface area contributed by atoms with E-state index in [0.717, 1.165) is 23.6 Å². The highest BCUT2D eigenvalue weighted by Gasteiger charge is 2.29. The Labute approximate surface area is 140 Å². The van der Waals surface area contributed by atoms with Gasteiger partial charge in [-0.15, -0.1) is 0 Å². The second-order valence-electron chi connectivity index (χ2n) is 6.06. The van der Waals surface area contributed by atoms with Crippen LogP contribution >= 0.6 is 0 Å². The van der Waals surface area contributed by atoms with Crippen molar-refractivity contribution in [2.45, 2.75) is 30.6 Å². The Bertz CT molecular complexity index is 961. The van der Waals surface area contributed by atoms with Gasteiger partial charge in [-0.2, -0.15) is 5.26 Å². The van der Waals surface area contributed by atoms with Crippen molar-refractivity contribution in [3.05, 3.63) is 52.8 Å². The van der Waals surface area contributed by atoms with Crippen LogP contribution in [0, 0.1) is 17.1 Å².